The molecular weight excluding hydrogens is 887 g/mol. The summed E-state index contributed by atoms with van der Waals surface area (Å²) >= 11 is 0. The fourth-order valence-electron chi connectivity index (χ4n) is 6.16. The summed E-state index contributed by atoms with van der Waals surface area (Å²) in [7, 11) is -8.97. The highest BCUT2D eigenvalue weighted by Crippen LogP contribution is 2.32. The molecule has 348 valence electrons. The lowest BCUT2D eigenvalue weighted by Crippen LogP contribution is -2.36. The fraction of sp³-hybridized carbons (Fsp3) is 0.364. The number of benzene rings is 4. The second-order valence-electron chi connectivity index (χ2n) is 15.4. The molecule has 0 fully saturated rings. The Morgan fingerprint density at radius 3 is 1.39 bits per heavy atom. The third-order valence-corrected chi connectivity index (χ3v) is 11.0. The van der Waals surface area contributed by atoms with E-state index in [1.54, 1.807) is 0 Å². The van der Waals surface area contributed by atoms with Gasteiger partial charge in [-0.25, -0.2) is 13.1 Å². The quantitative estimate of drug-likeness (QED) is 0.0453. The van der Waals surface area contributed by atoms with Crippen LogP contribution in [0.1, 0.15) is 101 Å². The van der Waals surface area contributed by atoms with Gasteiger partial charge in [-0.1, -0.05) is 158 Å². The minimum Gasteiger partial charge on any atom is -0.741 e. The molecule has 0 atom stereocenters. The van der Waals surface area contributed by atoms with Crippen LogP contribution in [-0.4, -0.2) is 64.4 Å². The van der Waals surface area contributed by atoms with E-state index < -0.39 is 31.3 Å². The van der Waals surface area contributed by atoms with Crippen LogP contribution in [0.15, 0.2) is 109 Å². The minimum atomic E-state index is -6.09. The highest BCUT2D eigenvalue weighted by Gasteiger charge is 2.46. The number of aryl methyl sites for hydroxylation is 1. The number of hydrogen-bond donors (Lipinski definition) is 0. The Hall–Kier alpha value is -5.44. The number of rotatable bonds is 9. The van der Waals surface area contributed by atoms with Gasteiger partial charge in [0.2, 0.25) is 0 Å². The molecule has 0 amide bonds. The Kier molecular flexibility index (Phi) is 18.2. The van der Waals surface area contributed by atoms with E-state index in [0.29, 0.717) is 30.8 Å². The molecule has 6 aromatic rings. The standard InChI is InChI=1S/C21H26N3.C20H23N3.C2H3F3O3S.CHF3O3S/c1-15(2)18-12-9-13-19(16(3)4)21(18)24-14-20(23(5)22-24)17-10-7-6-8-11-17;1-14(2)17-11-8-12-18(15(3)4)20(17)23-13-19(21-22-23)16-9-6-5-7-10-16;1-8-9(6,7)2(3,4)5;2-1(3,4)8(5,6)7/h6-16H,1-5H3;5-15H,1-4H3;1H3;(H,5,6,7)/q+1;;;/p-1. The molecule has 0 N–H and O–H groups in total. The maximum atomic E-state index is 11.1. The van der Waals surface area contributed by atoms with E-state index in [1.807, 2.05) is 51.6 Å². The van der Waals surface area contributed by atoms with Gasteiger partial charge in [0.15, 0.2) is 27.7 Å². The van der Waals surface area contributed by atoms with Gasteiger partial charge in [-0.05, 0) is 34.8 Å². The Labute approximate surface area is 370 Å². The van der Waals surface area contributed by atoms with Gasteiger partial charge in [-0.2, -0.15) is 34.8 Å². The fourth-order valence-corrected chi connectivity index (χ4v) is 6.35. The summed E-state index contributed by atoms with van der Waals surface area (Å²) in [6.45, 7) is 17.8. The first-order chi connectivity index (χ1) is 29.6. The monoisotopic (exact) mass is 938 g/mol. The predicted molar refractivity (Wildman–Crippen MR) is 231 cm³/mol. The summed E-state index contributed by atoms with van der Waals surface area (Å²) in [5.41, 5.74) is 1.02. The second-order valence-corrected chi connectivity index (χ2v) is 18.5. The zero-order valence-corrected chi connectivity index (χ0v) is 38.6. The topological polar surface area (TPSA) is 153 Å². The SMILES string of the molecule is CC(C)c1cccc(C(C)C)c1-[n+]1cc(-c2ccccc2)n(C)n1.CC(C)c1cccc(C(C)C)c1-n1cc(-c2ccccc2)nn1.COS(=O)(=O)C(F)(F)F.O=S(=O)([O-])C(F)(F)F. The Morgan fingerprint density at radius 1 is 0.625 bits per heavy atom. The van der Waals surface area contributed by atoms with Gasteiger partial charge in [-0.3, -0.25) is 4.18 Å². The van der Waals surface area contributed by atoms with Crippen molar-refractivity contribution in [2.45, 2.75) is 90.1 Å². The van der Waals surface area contributed by atoms with E-state index >= 15 is 0 Å². The van der Waals surface area contributed by atoms with Gasteiger partial charge >= 0.3 is 21.1 Å². The second kappa shape index (κ2) is 22.0. The van der Waals surface area contributed by atoms with E-state index in [9.17, 15) is 34.8 Å². The smallest absolute Gasteiger partial charge is 0.523 e. The molecule has 0 spiro atoms. The molecule has 6 rings (SSSR count). The van der Waals surface area contributed by atoms with E-state index in [0.717, 1.165) is 17.0 Å². The Bertz CT molecular complexity index is 2600. The number of halogens is 6. The van der Waals surface area contributed by atoms with Gasteiger partial charge in [0.05, 0.1) is 24.2 Å². The van der Waals surface area contributed by atoms with Gasteiger partial charge in [0.25, 0.3) is 0 Å². The molecule has 0 aliphatic rings. The van der Waals surface area contributed by atoms with Crippen molar-refractivity contribution in [2.24, 2.45) is 7.05 Å². The summed E-state index contributed by atoms with van der Waals surface area (Å²) in [5.74, 6) is 1.78. The summed E-state index contributed by atoms with van der Waals surface area (Å²) in [6.07, 6.45) is 4.17. The lowest BCUT2D eigenvalue weighted by atomic mass is 9.93. The van der Waals surface area contributed by atoms with Crippen LogP contribution in [0, 0.1) is 0 Å². The average Bonchev–Trinajstić information content (AvgIpc) is 3.87. The highest BCUT2D eigenvalue weighted by atomic mass is 32.2. The molecule has 0 aliphatic heterocycles. The lowest BCUT2D eigenvalue weighted by Gasteiger charge is -2.18. The average molecular weight is 939 g/mol. The van der Waals surface area contributed by atoms with Crippen LogP contribution in [-0.2, 0) is 31.5 Å². The maximum Gasteiger partial charge on any atom is 0.523 e. The van der Waals surface area contributed by atoms with Crippen LogP contribution < -0.4 is 4.68 Å². The normalized spacial score (nSPS) is 12.1. The molecule has 12 nitrogen and oxygen atoms in total. The zero-order chi connectivity index (χ0) is 48.4. The molecule has 0 unspecified atom stereocenters. The van der Waals surface area contributed by atoms with E-state index in [2.05, 4.69) is 149 Å². The van der Waals surface area contributed by atoms with E-state index in [4.69, 9.17) is 18.2 Å². The molecule has 64 heavy (non-hydrogen) atoms. The molecule has 0 saturated carbocycles. The van der Waals surface area contributed by atoms with Crippen LogP contribution in [0.5, 0.6) is 0 Å². The minimum absolute atomic E-state index is 0.438. The van der Waals surface area contributed by atoms with Crippen LogP contribution >= 0.6 is 0 Å². The molecule has 20 heteroatoms. The number of hydrogen-bond acceptors (Lipinski definition) is 9. The van der Waals surface area contributed by atoms with Gasteiger partial charge in [0.1, 0.15) is 12.7 Å². The third kappa shape index (κ3) is 13.8. The molecule has 0 radical (unpaired) electrons. The number of alkyl halides is 6. The Morgan fingerprint density at radius 2 is 1.03 bits per heavy atom. The van der Waals surface area contributed by atoms with Crippen molar-refractivity contribution in [3.05, 3.63) is 132 Å². The van der Waals surface area contributed by atoms with Crippen LogP contribution in [0.2, 0.25) is 0 Å². The predicted octanol–water partition coefficient (Wildman–Crippen LogP) is 10.3. The van der Waals surface area contributed by atoms with Crippen molar-refractivity contribution < 1.29 is 56.6 Å². The first-order valence-corrected chi connectivity index (χ1v) is 22.6. The van der Waals surface area contributed by atoms with Crippen molar-refractivity contribution in [1.29, 1.82) is 0 Å². The van der Waals surface area contributed by atoms with Crippen LogP contribution in [0.25, 0.3) is 33.9 Å². The summed E-state index contributed by atoms with van der Waals surface area (Å²) in [6, 6.07) is 33.7. The number of nitrogens with zero attached hydrogens (tertiary/aromatic N) is 6. The third-order valence-electron chi connectivity index (χ3n) is 9.39. The van der Waals surface area contributed by atoms with Crippen molar-refractivity contribution in [2.75, 3.05) is 7.11 Å². The van der Waals surface area contributed by atoms with Crippen molar-refractivity contribution in [3.63, 3.8) is 0 Å². The first-order valence-electron chi connectivity index (χ1n) is 19.8. The maximum absolute atomic E-state index is 11.1. The van der Waals surface area contributed by atoms with Crippen molar-refractivity contribution in [1.82, 2.24) is 24.9 Å². The molecule has 4 aromatic carbocycles. The molecule has 0 aliphatic carbocycles. The van der Waals surface area contributed by atoms with Gasteiger partial charge in [0, 0.05) is 22.3 Å². The van der Waals surface area contributed by atoms with E-state index in [-0.39, 0.29) is 0 Å². The largest absolute Gasteiger partial charge is 0.741 e. The van der Waals surface area contributed by atoms with Gasteiger partial charge in [-0.15, -0.1) is 14.5 Å². The zero-order valence-electron chi connectivity index (χ0n) is 36.9. The summed E-state index contributed by atoms with van der Waals surface area (Å²) in [4.78, 5) is 0. The molecule has 2 heterocycles. The highest BCUT2D eigenvalue weighted by molar-refractivity contribution is 7.87. The van der Waals surface area contributed by atoms with Gasteiger partial charge < -0.3 is 4.55 Å². The lowest BCUT2D eigenvalue weighted by molar-refractivity contribution is -0.662. The van der Waals surface area contributed by atoms with Crippen molar-refractivity contribution in [3.8, 4) is 33.9 Å². The van der Waals surface area contributed by atoms with Crippen LogP contribution in [0.4, 0.5) is 26.3 Å². The Balaban J connectivity index is 0.000000252. The molecular formula is C44H52F6N6O6S2. The molecule has 2 aromatic heterocycles. The van der Waals surface area contributed by atoms with E-state index in [1.165, 1.54) is 39.2 Å². The summed E-state index contributed by atoms with van der Waals surface area (Å²) < 4.78 is 121. The number of para-hydroxylation sites is 2. The van der Waals surface area contributed by atoms with Crippen LogP contribution in [0.3, 0.4) is 0 Å². The molecule has 0 bridgehead atoms. The number of aromatic nitrogens is 6. The first kappa shape index (κ1) is 52.9. The molecule has 0 saturated heterocycles. The van der Waals surface area contributed by atoms with Crippen molar-refractivity contribution >= 4 is 20.2 Å². The summed E-state index contributed by atoms with van der Waals surface area (Å²) in [5, 5.41) is 13.6.